The minimum absolute atomic E-state index is 0.0807. The van der Waals surface area contributed by atoms with Crippen LogP contribution >= 0.6 is 0 Å². The molecule has 0 saturated heterocycles. The summed E-state index contributed by atoms with van der Waals surface area (Å²) >= 11 is 0. The third kappa shape index (κ3) is 5.60. The van der Waals surface area contributed by atoms with E-state index in [2.05, 4.69) is 15.0 Å². The molecule has 0 aliphatic heterocycles. The second-order valence-corrected chi connectivity index (χ2v) is 7.77. The number of aromatic nitrogens is 3. The summed E-state index contributed by atoms with van der Waals surface area (Å²) in [5.74, 6) is -1.40. The minimum Gasteiger partial charge on any atom is -0.478 e. The molecule has 1 aromatic heterocycles. The van der Waals surface area contributed by atoms with Gasteiger partial charge in [0.05, 0.1) is 6.20 Å². The van der Waals surface area contributed by atoms with E-state index in [1.165, 1.54) is 10.8 Å². The lowest BCUT2D eigenvalue weighted by Gasteiger charge is -2.07. The number of carboxylic acids is 1. The first-order valence-corrected chi connectivity index (χ1v) is 9.99. The summed E-state index contributed by atoms with van der Waals surface area (Å²) in [7, 11) is -3.64. The molecule has 0 fully saturated rings. The van der Waals surface area contributed by atoms with Crippen LogP contribution < -0.4 is 4.72 Å². The van der Waals surface area contributed by atoms with Crippen molar-refractivity contribution in [1.82, 2.24) is 19.7 Å². The molecule has 0 atom stereocenters. The third-order valence-corrected chi connectivity index (χ3v) is 4.96. The van der Waals surface area contributed by atoms with E-state index >= 15 is 0 Å². The molecular formula is C19H18N4O4S. The average molecular weight is 398 g/mol. The Morgan fingerprint density at radius 3 is 2.68 bits per heavy atom. The van der Waals surface area contributed by atoms with Gasteiger partial charge in [0.25, 0.3) is 0 Å². The SMILES string of the molecule is O=C(O)C=Cc1cccc(CNS(=O)(=O)Cn2cc(-c3ccccc3)nn2)c1. The van der Waals surface area contributed by atoms with Gasteiger partial charge in [0.1, 0.15) is 5.69 Å². The molecule has 0 aliphatic rings. The van der Waals surface area contributed by atoms with Crippen LogP contribution in [0, 0.1) is 0 Å². The van der Waals surface area contributed by atoms with Crippen LogP contribution in [-0.2, 0) is 27.2 Å². The van der Waals surface area contributed by atoms with Crippen molar-refractivity contribution in [2.45, 2.75) is 12.4 Å². The van der Waals surface area contributed by atoms with E-state index in [9.17, 15) is 13.2 Å². The highest BCUT2D eigenvalue weighted by Gasteiger charge is 2.13. The lowest BCUT2D eigenvalue weighted by molar-refractivity contribution is -0.131. The fourth-order valence-electron chi connectivity index (χ4n) is 2.49. The Kier molecular flexibility index (Phi) is 5.97. The molecule has 0 aliphatic carbocycles. The number of nitrogens with zero attached hydrogens (tertiary/aromatic N) is 3. The molecule has 3 aromatic rings. The van der Waals surface area contributed by atoms with Crippen LogP contribution in [0.25, 0.3) is 17.3 Å². The lowest BCUT2D eigenvalue weighted by atomic mass is 10.1. The second kappa shape index (κ2) is 8.59. The van der Waals surface area contributed by atoms with Crippen molar-refractivity contribution in [3.05, 3.63) is 78.0 Å². The quantitative estimate of drug-likeness (QED) is 0.562. The van der Waals surface area contributed by atoms with Crippen LogP contribution in [0.4, 0.5) is 0 Å². The fourth-order valence-corrected chi connectivity index (χ4v) is 3.44. The Bertz CT molecular complexity index is 1090. The van der Waals surface area contributed by atoms with Crippen LogP contribution in [-0.4, -0.2) is 34.5 Å². The van der Waals surface area contributed by atoms with Crippen LogP contribution in [0.2, 0.25) is 0 Å². The molecular weight excluding hydrogens is 380 g/mol. The van der Waals surface area contributed by atoms with E-state index in [-0.39, 0.29) is 12.4 Å². The predicted octanol–water partition coefficient (Wildman–Crippen LogP) is 2.12. The van der Waals surface area contributed by atoms with Crippen LogP contribution in [0.15, 0.2) is 66.9 Å². The summed E-state index contributed by atoms with van der Waals surface area (Å²) in [5.41, 5.74) is 2.82. The predicted molar refractivity (Wildman–Crippen MR) is 104 cm³/mol. The van der Waals surface area contributed by atoms with E-state index in [0.717, 1.165) is 11.6 Å². The van der Waals surface area contributed by atoms with Gasteiger partial charge in [0, 0.05) is 18.2 Å². The van der Waals surface area contributed by atoms with E-state index < -0.39 is 16.0 Å². The molecule has 1 heterocycles. The first-order chi connectivity index (χ1) is 13.4. The van der Waals surface area contributed by atoms with Crippen LogP contribution in [0.5, 0.6) is 0 Å². The molecule has 144 valence electrons. The number of aliphatic carboxylic acids is 1. The van der Waals surface area contributed by atoms with E-state index in [1.54, 1.807) is 30.5 Å². The van der Waals surface area contributed by atoms with Crippen molar-refractivity contribution in [2.75, 3.05) is 0 Å². The normalized spacial score (nSPS) is 11.7. The second-order valence-electron chi connectivity index (χ2n) is 5.99. The molecule has 0 radical (unpaired) electrons. The van der Waals surface area contributed by atoms with Crippen molar-refractivity contribution in [3.63, 3.8) is 0 Å². The number of hydrogen-bond acceptors (Lipinski definition) is 5. The Balaban J connectivity index is 1.63. The molecule has 9 heteroatoms. The monoisotopic (exact) mass is 398 g/mol. The number of hydrogen-bond donors (Lipinski definition) is 2. The van der Waals surface area contributed by atoms with Gasteiger partial charge in [0.15, 0.2) is 5.88 Å². The van der Waals surface area contributed by atoms with E-state index in [0.29, 0.717) is 16.8 Å². The van der Waals surface area contributed by atoms with Gasteiger partial charge in [-0.3, -0.25) is 0 Å². The summed E-state index contributed by atoms with van der Waals surface area (Å²) in [6.45, 7) is 0.0807. The average Bonchev–Trinajstić information content (AvgIpc) is 3.14. The lowest BCUT2D eigenvalue weighted by Crippen LogP contribution is -2.27. The van der Waals surface area contributed by atoms with Gasteiger partial charge >= 0.3 is 5.97 Å². The molecule has 0 saturated carbocycles. The molecule has 0 unspecified atom stereocenters. The number of nitrogens with one attached hydrogen (secondary N) is 1. The zero-order chi connectivity index (χ0) is 20.0. The Labute approximate surface area is 162 Å². The highest BCUT2D eigenvalue weighted by Crippen LogP contribution is 2.15. The van der Waals surface area contributed by atoms with Crippen LogP contribution in [0.1, 0.15) is 11.1 Å². The van der Waals surface area contributed by atoms with E-state index in [4.69, 9.17) is 5.11 Å². The van der Waals surface area contributed by atoms with Gasteiger partial charge in [0.2, 0.25) is 10.0 Å². The summed E-state index contributed by atoms with van der Waals surface area (Å²) in [6, 6.07) is 16.3. The molecule has 28 heavy (non-hydrogen) atoms. The van der Waals surface area contributed by atoms with Crippen molar-refractivity contribution in [1.29, 1.82) is 0 Å². The largest absolute Gasteiger partial charge is 0.478 e. The molecule has 2 N–H and O–H groups in total. The molecule has 0 bridgehead atoms. The van der Waals surface area contributed by atoms with Crippen molar-refractivity contribution in [3.8, 4) is 11.3 Å². The van der Waals surface area contributed by atoms with Crippen molar-refractivity contribution >= 4 is 22.1 Å². The fraction of sp³-hybridized carbons (Fsp3) is 0.105. The maximum Gasteiger partial charge on any atom is 0.328 e. The maximum atomic E-state index is 12.3. The summed E-state index contributed by atoms with van der Waals surface area (Å²) in [5, 5.41) is 16.5. The summed E-state index contributed by atoms with van der Waals surface area (Å²) < 4.78 is 28.4. The van der Waals surface area contributed by atoms with Gasteiger partial charge in [-0.25, -0.2) is 22.6 Å². The standard InChI is InChI=1S/C19H18N4O4S/c24-19(25)10-9-15-5-4-6-16(11-15)12-20-28(26,27)14-23-13-18(21-22-23)17-7-2-1-3-8-17/h1-11,13,20H,12,14H2,(H,24,25). The van der Waals surface area contributed by atoms with Crippen LogP contribution in [0.3, 0.4) is 0 Å². The van der Waals surface area contributed by atoms with E-state index in [1.807, 2.05) is 30.3 Å². The highest BCUT2D eigenvalue weighted by atomic mass is 32.2. The van der Waals surface area contributed by atoms with Gasteiger partial charge in [-0.1, -0.05) is 59.8 Å². The van der Waals surface area contributed by atoms with Gasteiger partial charge in [-0.15, -0.1) is 5.10 Å². The number of carbonyl (C=O) groups is 1. The highest BCUT2D eigenvalue weighted by molar-refractivity contribution is 7.88. The summed E-state index contributed by atoms with van der Waals surface area (Å²) in [4.78, 5) is 10.6. The Morgan fingerprint density at radius 1 is 1.14 bits per heavy atom. The van der Waals surface area contributed by atoms with Gasteiger partial charge in [-0.2, -0.15) is 0 Å². The van der Waals surface area contributed by atoms with Gasteiger partial charge < -0.3 is 5.11 Å². The molecule has 0 spiro atoms. The maximum absolute atomic E-state index is 12.3. The summed E-state index contributed by atoms with van der Waals surface area (Å²) in [6.07, 6.45) is 4.05. The minimum atomic E-state index is -3.64. The van der Waals surface area contributed by atoms with Crippen molar-refractivity contribution < 1.29 is 18.3 Å². The number of rotatable bonds is 8. The number of benzene rings is 2. The molecule has 2 aromatic carbocycles. The zero-order valence-electron chi connectivity index (χ0n) is 14.8. The number of carboxylic acid groups (broad SMARTS) is 1. The van der Waals surface area contributed by atoms with Crippen molar-refractivity contribution in [2.24, 2.45) is 0 Å². The zero-order valence-corrected chi connectivity index (χ0v) is 15.6. The first kappa shape index (κ1) is 19.5. The molecule has 3 rings (SSSR count). The smallest absolute Gasteiger partial charge is 0.328 e. The van der Waals surface area contributed by atoms with Gasteiger partial charge in [-0.05, 0) is 17.2 Å². The molecule has 8 nitrogen and oxygen atoms in total. The Hall–Kier alpha value is -3.30. The number of sulfonamides is 1. The topological polar surface area (TPSA) is 114 Å². The Morgan fingerprint density at radius 2 is 1.93 bits per heavy atom. The molecule has 0 amide bonds. The third-order valence-electron chi connectivity index (χ3n) is 3.78. The first-order valence-electron chi connectivity index (χ1n) is 8.34.